The summed E-state index contributed by atoms with van der Waals surface area (Å²) >= 11 is 0. The zero-order valence-electron chi connectivity index (χ0n) is 21.5. The Balaban J connectivity index is 1.34. The molecule has 1 amide bonds. The van der Waals surface area contributed by atoms with Crippen LogP contribution in [0.1, 0.15) is 37.3 Å². The van der Waals surface area contributed by atoms with Crippen LogP contribution in [0.3, 0.4) is 0 Å². The standard InChI is InChI=1S/C30H24FN3O7/c31-24-25(41-29(37)21-14-8-3-9-15-21)22(18-39-28(36)20-12-6-2-7-13-20)40-27(24)34-17-16-23(33-30(34)38)32-26(35)19-10-4-1-5-11-19/h1-17,22,24-25,27H,18H2,(H,32,33,35,38)/t22-,24?,25?,27-/m1/s1. The van der Waals surface area contributed by atoms with Crippen LogP contribution in [0.5, 0.6) is 0 Å². The number of alkyl halides is 1. The number of carbonyl (C=O) groups excluding carboxylic acids is 3. The third-order valence-electron chi connectivity index (χ3n) is 6.29. The predicted molar refractivity (Wildman–Crippen MR) is 144 cm³/mol. The summed E-state index contributed by atoms with van der Waals surface area (Å²) < 4.78 is 33.3. The first-order valence-corrected chi connectivity index (χ1v) is 12.6. The Labute approximate surface area is 233 Å². The summed E-state index contributed by atoms with van der Waals surface area (Å²) in [6, 6.07) is 25.8. The summed E-state index contributed by atoms with van der Waals surface area (Å²) in [7, 11) is 0. The Hall–Kier alpha value is -5.16. The van der Waals surface area contributed by atoms with Crippen LogP contribution in [0.15, 0.2) is 108 Å². The zero-order valence-corrected chi connectivity index (χ0v) is 21.5. The summed E-state index contributed by atoms with van der Waals surface area (Å²) in [6.07, 6.45) is -5.11. The van der Waals surface area contributed by atoms with E-state index in [0.29, 0.717) is 5.56 Å². The van der Waals surface area contributed by atoms with Gasteiger partial charge in [-0.15, -0.1) is 0 Å². The first kappa shape index (κ1) is 27.4. The Bertz CT molecular complexity index is 1580. The van der Waals surface area contributed by atoms with Crippen molar-refractivity contribution >= 4 is 23.7 Å². The molecule has 4 atom stereocenters. The normalized spacial score (nSPS) is 19.7. The van der Waals surface area contributed by atoms with Crippen molar-refractivity contribution in [1.29, 1.82) is 0 Å². The molecule has 1 N–H and O–H groups in total. The molecule has 1 fully saturated rings. The molecule has 208 valence electrons. The average molecular weight is 558 g/mol. The fraction of sp³-hybridized carbons (Fsp3) is 0.167. The number of carbonyl (C=O) groups is 3. The number of nitrogens with zero attached hydrogens (tertiary/aromatic N) is 2. The van der Waals surface area contributed by atoms with Crippen LogP contribution in [0.2, 0.25) is 0 Å². The maximum Gasteiger partial charge on any atom is 0.351 e. The van der Waals surface area contributed by atoms with E-state index in [9.17, 15) is 19.2 Å². The number of rotatable bonds is 8. The van der Waals surface area contributed by atoms with Crippen molar-refractivity contribution in [2.45, 2.75) is 24.6 Å². The molecular formula is C30H24FN3O7. The molecule has 0 spiro atoms. The minimum absolute atomic E-state index is 0.0473. The molecule has 3 aromatic carbocycles. The SMILES string of the molecule is O=C(Nc1ccn([C@@H]2O[C@H](COC(=O)c3ccccc3)C(OC(=O)c3ccccc3)C2F)c(=O)n1)c1ccccc1. The molecule has 1 aliphatic heterocycles. The van der Waals surface area contributed by atoms with E-state index in [1.165, 1.54) is 24.4 Å². The lowest BCUT2D eigenvalue weighted by atomic mass is 10.1. The lowest BCUT2D eigenvalue weighted by Crippen LogP contribution is -2.37. The van der Waals surface area contributed by atoms with E-state index in [0.717, 1.165) is 4.57 Å². The fourth-order valence-corrected chi connectivity index (χ4v) is 4.23. The number of nitrogens with one attached hydrogen (secondary N) is 1. The minimum atomic E-state index is -2.02. The van der Waals surface area contributed by atoms with Gasteiger partial charge < -0.3 is 19.5 Å². The highest BCUT2D eigenvalue weighted by atomic mass is 19.1. The first-order chi connectivity index (χ1) is 19.9. The molecule has 1 aromatic heterocycles. The molecule has 10 nitrogen and oxygen atoms in total. The Morgan fingerprint density at radius 1 is 0.829 bits per heavy atom. The van der Waals surface area contributed by atoms with Crippen molar-refractivity contribution in [3.63, 3.8) is 0 Å². The molecule has 1 saturated heterocycles. The Morgan fingerprint density at radius 3 is 1.98 bits per heavy atom. The minimum Gasteiger partial charge on any atom is -0.459 e. The van der Waals surface area contributed by atoms with Gasteiger partial charge in [0, 0.05) is 11.8 Å². The van der Waals surface area contributed by atoms with Gasteiger partial charge in [0.25, 0.3) is 5.91 Å². The molecular weight excluding hydrogens is 533 g/mol. The largest absolute Gasteiger partial charge is 0.459 e. The van der Waals surface area contributed by atoms with Gasteiger partial charge in [-0.1, -0.05) is 54.6 Å². The lowest BCUT2D eigenvalue weighted by molar-refractivity contribution is -0.0591. The molecule has 0 saturated carbocycles. The van der Waals surface area contributed by atoms with Gasteiger partial charge in [0.05, 0.1) is 11.1 Å². The van der Waals surface area contributed by atoms with E-state index < -0.39 is 54.7 Å². The molecule has 2 unspecified atom stereocenters. The third kappa shape index (κ3) is 6.36. The molecule has 0 radical (unpaired) electrons. The summed E-state index contributed by atoms with van der Waals surface area (Å²) in [5, 5.41) is 2.51. The van der Waals surface area contributed by atoms with Crippen LogP contribution in [-0.2, 0) is 14.2 Å². The van der Waals surface area contributed by atoms with E-state index in [4.69, 9.17) is 14.2 Å². The van der Waals surface area contributed by atoms with Crippen molar-refractivity contribution in [1.82, 2.24) is 9.55 Å². The van der Waals surface area contributed by atoms with Crippen LogP contribution in [-0.4, -0.2) is 52.4 Å². The van der Waals surface area contributed by atoms with Crippen LogP contribution in [0, 0.1) is 0 Å². The van der Waals surface area contributed by atoms with Crippen LogP contribution >= 0.6 is 0 Å². The summed E-state index contributed by atoms with van der Waals surface area (Å²) in [5.41, 5.74) is -0.110. The van der Waals surface area contributed by atoms with E-state index in [2.05, 4.69) is 10.3 Å². The maximum atomic E-state index is 15.8. The van der Waals surface area contributed by atoms with Gasteiger partial charge in [-0.3, -0.25) is 9.36 Å². The number of benzene rings is 3. The molecule has 0 bridgehead atoms. The first-order valence-electron chi connectivity index (χ1n) is 12.6. The van der Waals surface area contributed by atoms with Gasteiger partial charge in [-0.05, 0) is 42.5 Å². The van der Waals surface area contributed by atoms with Crippen molar-refractivity contribution in [2.24, 2.45) is 0 Å². The van der Waals surface area contributed by atoms with E-state index >= 15 is 4.39 Å². The number of aromatic nitrogens is 2. The zero-order chi connectivity index (χ0) is 28.8. The van der Waals surface area contributed by atoms with Crippen molar-refractivity contribution < 1.29 is 33.0 Å². The molecule has 4 aromatic rings. The number of hydrogen-bond donors (Lipinski definition) is 1. The van der Waals surface area contributed by atoms with Gasteiger partial charge in [0.1, 0.15) is 18.5 Å². The van der Waals surface area contributed by atoms with Crippen LogP contribution in [0.25, 0.3) is 0 Å². The summed E-state index contributed by atoms with van der Waals surface area (Å²) in [5.74, 6) is -2.03. The maximum absolute atomic E-state index is 15.8. The highest BCUT2D eigenvalue weighted by Gasteiger charge is 2.49. The Kier molecular flexibility index (Phi) is 8.26. The predicted octanol–water partition coefficient (Wildman–Crippen LogP) is 3.81. The number of halogens is 1. The van der Waals surface area contributed by atoms with Crippen LogP contribution < -0.4 is 11.0 Å². The topological polar surface area (TPSA) is 126 Å². The number of amides is 1. The molecule has 2 heterocycles. The second-order valence-corrected chi connectivity index (χ2v) is 9.03. The van der Waals surface area contributed by atoms with Crippen molar-refractivity contribution in [3.05, 3.63) is 130 Å². The molecule has 11 heteroatoms. The van der Waals surface area contributed by atoms with Gasteiger partial charge in [0.2, 0.25) is 0 Å². The van der Waals surface area contributed by atoms with Crippen molar-refractivity contribution in [2.75, 3.05) is 11.9 Å². The van der Waals surface area contributed by atoms with Crippen LogP contribution in [0.4, 0.5) is 10.2 Å². The number of anilines is 1. The fourth-order valence-electron chi connectivity index (χ4n) is 4.23. The summed E-state index contributed by atoms with van der Waals surface area (Å²) in [6.45, 7) is -0.454. The van der Waals surface area contributed by atoms with Gasteiger partial charge >= 0.3 is 17.6 Å². The van der Waals surface area contributed by atoms with E-state index in [1.807, 2.05) is 0 Å². The lowest BCUT2D eigenvalue weighted by Gasteiger charge is -2.19. The van der Waals surface area contributed by atoms with Gasteiger partial charge in [0.15, 0.2) is 18.5 Å². The second-order valence-electron chi connectivity index (χ2n) is 9.03. The van der Waals surface area contributed by atoms with Gasteiger partial charge in [-0.25, -0.2) is 18.8 Å². The summed E-state index contributed by atoms with van der Waals surface area (Å²) in [4.78, 5) is 54.3. The quantitative estimate of drug-likeness (QED) is 0.324. The molecule has 1 aliphatic rings. The molecule has 41 heavy (non-hydrogen) atoms. The second kappa shape index (κ2) is 12.3. The van der Waals surface area contributed by atoms with E-state index in [1.54, 1.807) is 78.9 Å². The average Bonchev–Trinajstić information content (AvgIpc) is 3.31. The Morgan fingerprint density at radius 2 is 1.39 bits per heavy atom. The monoisotopic (exact) mass is 557 g/mol. The van der Waals surface area contributed by atoms with Gasteiger partial charge in [-0.2, -0.15) is 4.98 Å². The highest BCUT2D eigenvalue weighted by molar-refractivity contribution is 6.03. The third-order valence-corrected chi connectivity index (χ3v) is 6.29. The highest BCUT2D eigenvalue weighted by Crippen LogP contribution is 2.34. The smallest absolute Gasteiger partial charge is 0.351 e. The number of ether oxygens (including phenoxy) is 3. The van der Waals surface area contributed by atoms with Crippen molar-refractivity contribution in [3.8, 4) is 0 Å². The van der Waals surface area contributed by atoms with E-state index in [-0.39, 0.29) is 16.9 Å². The number of esters is 2. The molecule has 0 aliphatic carbocycles. The molecule has 5 rings (SSSR count). The number of hydrogen-bond acceptors (Lipinski definition) is 8.